The summed E-state index contributed by atoms with van der Waals surface area (Å²) in [5.74, 6) is 0.509. The third kappa shape index (κ3) is 3.22. The average Bonchev–Trinajstić information content (AvgIpc) is 3.38. The number of aromatic nitrogens is 2. The van der Waals surface area contributed by atoms with Crippen molar-refractivity contribution in [3.05, 3.63) is 89.6 Å². The van der Waals surface area contributed by atoms with Gasteiger partial charge in [0.1, 0.15) is 28.5 Å². The van der Waals surface area contributed by atoms with Crippen molar-refractivity contribution in [1.29, 1.82) is 0 Å². The molecular weight excluding hydrogens is 381 g/mol. The van der Waals surface area contributed by atoms with E-state index < -0.39 is 5.82 Å². The Bertz CT molecular complexity index is 1400. The fraction of sp³-hybridized carbons (Fsp3) is 0.0833. The molecule has 0 aliphatic carbocycles. The van der Waals surface area contributed by atoms with Crippen LogP contribution in [0.4, 0.5) is 4.39 Å². The lowest BCUT2D eigenvalue weighted by molar-refractivity contribution is 0.0947. The maximum atomic E-state index is 14.7. The van der Waals surface area contributed by atoms with Crippen molar-refractivity contribution in [1.82, 2.24) is 15.5 Å². The van der Waals surface area contributed by atoms with Crippen LogP contribution in [0.1, 0.15) is 21.9 Å². The van der Waals surface area contributed by atoms with Gasteiger partial charge in [-0.1, -0.05) is 36.4 Å². The van der Waals surface area contributed by atoms with Gasteiger partial charge >= 0.3 is 0 Å². The van der Waals surface area contributed by atoms with Crippen LogP contribution >= 0.6 is 0 Å². The number of halogens is 1. The van der Waals surface area contributed by atoms with Crippen LogP contribution in [0.25, 0.3) is 32.9 Å². The van der Waals surface area contributed by atoms with E-state index >= 15 is 0 Å². The number of aryl methyl sites for hydroxylation is 1. The molecule has 0 aliphatic rings. The zero-order valence-corrected chi connectivity index (χ0v) is 16.2. The van der Waals surface area contributed by atoms with E-state index in [1.165, 1.54) is 6.07 Å². The van der Waals surface area contributed by atoms with Gasteiger partial charge in [0.15, 0.2) is 0 Å². The first-order valence-corrected chi connectivity index (χ1v) is 9.59. The zero-order chi connectivity index (χ0) is 20.7. The number of amides is 1. The van der Waals surface area contributed by atoms with Crippen LogP contribution in [-0.4, -0.2) is 16.1 Å². The predicted molar refractivity (Wildman–Crippen MR) is 114 cm³/mol. The number of hydrogen-bond acceptors (Lipinski definition) is 3. The summed E-state index contributed by atoms with van der Waals surface area (Å²) in [6.07, 6.45) is 0. The van der Waals surface area contributed by atoms with Gasteiger partial charge in [-0.3, -0.25) is 9.89 Å². The number of fused-ring (bicyclic) bond motifs is 2. The van der Waals surface area contributed by atoms with Crippen molar-refractivity contribution in [2.45, 2.75) is 13.5 Å². The first kappa shape index (κ1) is 18.1. The van der Waals surface area contributed by atoms with Crippen molar-refractivity contribution in [2.75, 3.05) is 0 Å². The van der Waals surface area contributed by atoms with Gasteiger partial charge in [-0.05, 0) is 48.0 Å². The second kappa shape index (κ2) is 7.15. The Morgan fingerprint density at radius 3 is 2.70 bits per heavy atom. The Morgan fingerprint density at radius 2 is 1.90 bits per heavy atom. The molecule has 0 aliphatic heterocycles. The molecule has 0 radical (unpaired) electrons. The summed E-state index contributed by atoms with van der Waals surface area (Å²) < 4.78 is 20.1. The molecule has 0 fully saturated rings. The molecular formula is C24H18FN3O2. The van der Waals surface area contributed by atoms with E-state index in [2.05, 4.69) is 15.5 Å². The minimum Gasteiger partial charge on any atom is -0.465 e. The first-order chi connectivity index (χ1) is 14.6. The number of furan rings is 1. The number of nitrogens with zero attached hydrogens (tertiary/aromatic N) is 1. The lowest BCUT2D eigenvalue weighted by Crippen LogP contribution is -2.22. The zero-order valence-electron chi connectivity index (χ0n) is 16.2. The molecule has 3 aromatic carbocycles. The number of benzene rings is 3. The number of H-pyrrole nitrogens is 1. The van der Waals surface area contributed by atoms with Gasteiger partial charge in [-0.25, -0.2) is 4.39 Å². The van der Waals surface area contributed by atoms with Crippen molar-refractivity contribution in [3.8, 4) is 11.3 Å². The first-order valence-electron chi connectivity index (χ1n) is 9.59. The second-order valence-electron chi connectivity index (χ2n) is 7.21. The molecule has 5 rings (SSSR count). The van der Waals surface area contributed by atoms with E-state index in [0.717, 1.165) is 22.1 Å². The predicted octanol–water partition coefficient (Wildman–Crippen LogP) is 5.35. The van der Waals surface area contributed by atoms with Crippen LogP contribution in [-0.2, 0) is 6.54 Å². The number of aromatic amines is 1. The number of rotatable bonds is 4. The van der Waals surface area contributed by atoms with E-state index in [1.54, 1.807) is 12.1 Å². The Labute approximate surface area is 171 Å². The summed E-state index contributed by atoms with van der Waals surface area (Å²) in [6.45, 7) is 2.07. The lowest BCUT2D eigenvalue weighted by Gasteiger charge is -2.06. The summed E-state index contributed by atoms with van der Waals surface area (Å²) >= 11 is 0. The summed E-state index contributed by atoms with van der Waals surface area (Å²) in [5.41, 5.74) is 1.96. The largest absolute Gasteiger partial charge is 0.465 e. The van der Waals surface area contributed by atoms with Crippen LogP contribution in [0.15, 0.2) is 71.1 Å². The lowest BCUT2D eigenvalue weighted by atomic mass is 10.0. The Kier molecular flexibility index (Phi) is 4.32. The molecule has 5 aromatic rings. The van der Waals surface area contributed by atoms with Gasteiger partial charge in [0.05, 0.1) is 6.54 Å². The maximum absolute atomic E-state index is 14.7. The Balaban J connectivity index is 1.51. The van der Waals surface area contributed by atoms with E-state index in [-0.39, 0.29) is 23.5 Å². The van der Waals surface area contributed by atoms with Crippen molar-refractivity contribution in [2.24, 2.45) is 0 Å². The summed E-state index contributed by atoms with van der Waals surface area (Å²) in [6, 6.07) is 20.5. The summed E-state index contributed by atoms with van der Waals surface area (Å²) in [4.78, 5) is 12.6. The van der Waals surface area contributed by atoms with Crippen LogP contribution in [0.2, 0.25) is 0 Å². The van der Waals surface area contributed by atoms with E-state index in [9.17, 15) is 9.18 Å². The quantitative estimate of drug-likeness (QED) is 0.428. The fourth-order valence-corrected chi connectivity index (χ4v) is 3.62. The summed E-state index contributed by atoms with van der Waals surface area (Å²) in [5, 5.41) is 12.6. The minimum absolute atomic E-state index is 0.228. The van der Waals surface area contributed by atoms with E-state index in [1.807, 2.05) is 55.5 Å². The Morgan fingerprint density at radius 1 is 1.07 bits per heavy atom. The van der Waals surface area contributed by atoms with Gasteiger partial charge in [-0.2, -0.15) is 5.10 Å². The van der Waals surface area contributed by atoms with Crippen molar-refractivity contribution in [3.63, 3.8) is 0 Å². The summed E-state index contributed by atoms with van der Waals surface area (Å²) in [7, 11) is 0. The highest BCUT2D eigenvalue weighted by Gasteiger charge is 2.16. The van der Waals surface area contributed by atoms with Gasteiger partial charge < -0.3 is 9.73 Å². The van der Waals surface area contributed by atoms with E-state index in [0.29, 0.717) is 16.8 Å². The molecule has 2 heterocycles. The molecule has 0 saturated heterocycles. The van der Waals surface area contributed by atoms with Crippen LogP contribution in [0.5, 0.6) is 0 Å². The van der Waals surface area contributed by atoms with Crippen molar-refractivity contribution < 1.29 is 13.6 Å². The van der Waals surface area contributed by atoms with Gasteiger partial charge in [-0.15, -0.1) is 0 Å². The number of hydrogen-bond donors (Lipinski definition) is 2. The molecule has 2 N–H and O–H groups in total. The smallest absolute Gasteiger partial charge is 0.251 e. The molecule has 2 aromatic heterocycles. The molecule has 0 saturated carbocycles. The molecule has 0 bridgehead atoms. The number of carbonyl (C=O) groups excluding carboxylic acids is 1. The van der Waals surface area contributed by atoms with Gasteiger partial charge in [0, 0.05) is 16.5 Å². The van der Waals surface area contributed by atoms with Gasteiger partial charge in [0.25, 0.3) is 5.91 Å². The Hall–Kier alpha value is -3.93. The third-order valence-corrected chi connectivity index (χ3v) is 5.13. The topological polar surface area (TPSA) is 70.9 Å². The molecule has 148 valence electrons. The third-order valence-electron chi connectivity index (χ3n) is 5.13. The number of nitrogens with one attached hydrogen (secondary N) is 2. The maximum Gasteiger partial charge on any atom is 0.251 e. The van der Waals surface area contributed by atoms with Crippen LogP contribution < -0.4 is 5.32 Å². The molecule has 5 nitrogen and oxygen atoms in total. The normalized spacial score (nSPS) is 11.3. The standard InChI is InChI=1S/C24H18FN3O2/c1-14-6-9-19(30-14)13-26-24(29)18-11-20-22(27-28-23(20)21(25)12-18)17-8-7-15-4-2-3-5-16(15)10-17/h2-12H,13H2,1H3,(H,26,29)(H,27,28). The molecule has 30 heavy (non-hydrogen) atoms. The monoisotopic (exact) mass is 399 g/mol. The van der Waals surface area contributed by atoms with Crippen LogP contribution in [0, 0.1) is 12.7 Å². The SMILES string of the molecule is Cc1ccc(CNC(=O)c2cc(F)c3[nH]nc(-c4ccc5ccccc5c4)c3c2)o1. The highest BCUT2D eigenvalue weighted by Crippen LogP contribution is 2.31. The van der Waals surface area contributed by atoms with E-state index in [4.69, 9.17) is 4.42 Å². The van der Waals surface area contributed by atoms with Crippen molar-refractivity contribution >= 4 is 27.6 Å². The van der Waals surface area contributed by atoms with Crippen LogP contribution in [0.3, 0.4) is 0 Å². The fourth-order valence-electron chi connectivity index (χ4n) is 3.62. The highest BCUT2D eigenvalue weighted by atomic mass is 19.1. The molecule has 6 heteroatoms. The molecule has 1 amide bonds. The average molecular weight is 399 g/mol. The molecule has 0 atom stereocenters. The molecule has 0 unspecified atom stereocenters. The van der Waals surface area contributed by atoms with Gasteiger partial charge in [0.2, 0.25) is 0 Å². The highest BCUT2D eigenvalue weighted by molar-refractivity contribution is 6.02. The number of carbonyl (C=O) groups is 1. The second-order valence-corrected chi connectivity index (χ2v) is 7.21. The minimum atomic E-state index is -0.522. The molecule has 0 spiro atoms.